The van der Waals surface area contributed by atoms with Gasteiger partial charge in [0.15, 0.2) is 11.4 Å². The fourth-order valence-corrected chi connectivity index (χ4v) is 6.16. The maximum Gasteiger partial charge on any atom is 0.266 e. The molecule has 1 aliphatic heterocycles. The highest BCUT2D eigenvalue weighted by Crippen LogP contribution is 2.36. The number of rotatable bonds is 10. The lowest BCUT2D eigenvalue weighted by atomic mass is 10.0. The fourth-order valence-electron chi connectivity index (χ4n) is 4.18. The molecule has 194 valence electrons. The van der Waals surface area contributed by atoms with Crippen molar-refractivity contribution in [1.82, 2.24) is 14.8 Å². The van der Waals surface area contributed by atoms with Crippen LogP contribution in [0, 0.1) is 0 Å². The molecule has 4 rings (SSSR count). The zero-order chi connectivity index (χ0) is 25.9. The van der Waals surface area contributed by atoms with Crippen molar-refractivity contribution < 1.29 is 30.8 Å². The molecule has 1 aliphatic rings. The van der Waals surface area contributed by atoms with Gasteiger partial charge in [0.1, 0.15) is 21.8 Å². The second-order valence-corrected chi connectivity index (χ2v) is 11.6. The third kappa shape index (κ3) is 5.64. The van der Waals surface area contributed by atoms with Gasteiger partial charge < -0.3 is 14.0 Å². The lowest BCUT2D eigenvalue weighted by molar-refractivity contribution is 0.200. The van der Waals surface area contributed by atoms with Gasteiger partial charge in [-0.15, -0.1) is 0 Å². The van der Waals surface area contributed by atoms with Crippen LogP contribution in [0.1, 0.15) is 18.4 Å². The van der Waals surface area contributed by atoms with Crippen LogP contribution in [-0.2, 0) is 26.6 Å². The van der Waals surface area contributed by atoms with Crippen LogP contribution in [0.2, 0.25) is 0 Å². The Kier molecular flexibility index (Phi) is 7.54. The van der Waals surface area contributed by atoms with E-state index < -0.39 is 20.0 Å². The molecule has 1 aromatic heterocycles. The lowest BCUT2D eigenvalue weighted by Crippen LogP contribution is -2.43. The van der Waals surface area contributed by atoms with E-state index >= 15 is 0 Å². The molecule has 0 unspecified atom stereocenters. The lowest BCUT2D eigenvalue weighted by Gasteiger charge is -2.32. The molecule has 36 heavy (non-hydrogen) atoms. The highest BCUT2D eigenvalue weighted by Gasteiger charge is 2.26. The minimum Gasteiger partial charge on any atom is -0.496 e. The first-order valence-electron chi connectivity index (χ1n) is 11.1. The normalized spacial score (nSPS) is 15.6. The number of likely N-dealkylation sites (tertiary alicyclic amines) is 1. The van der Waals surface area contributed by atoms with Gasteiger partial charge in [0.25, 0.3) is 10.0 Å². The molecule has 2 heterocycles. The van der Waals surface area contributed by atoms with E-state index in [0.717, 1.165) is 11.0 Å². The van der Waals surface area contributed by atoms with Crippen LogP contribution >= 0.6 is 0 Å². The summed E-state index contributed by atoms with van der Waals surface area (Å²) >= 11 is 0. The predicted molar refractivity (Wildman–Crippen MR) is 135 cm³/mol. The SMILES string of the molecule is C=CS(=O)(=O)NC1CCN(Cc2cc(OC)c3c(NS(=O)(=O)c4ccccc4OC)noc3c2)CC1. The van der Waals surface area contributed by atoms with E-state index in [2.05, 4.69) is 26.1 Å². The van der Waals surface area contributed by atoms with Crippen molar-refractivity contribution in [3.8, 4) is 11.5 Å². The Balaban J connectivity index is 1.52. The first kappa shape index (κ1) is 25.9. The second-order valence-electron chi connectivity index (χ2n) is 8.34. The molecule has 2 N–H and O–H groups in total. The van der Waals surface area contributed by atoms with Crippen molar-refractivity contribution in [3.05, 3.63) is 53.9 Å². The number of methoxy groups -OCH3 is 2. The average Bonchev–Trinajstić information content (AvgIpc) is 3.26. The Hall–Kier alpha value is -3.13. The van der Waals surface area contributed by atoms with E-state index in [1.165, 1.54) is 20.3 Å². The van der Waals surface area contributed by atoms with Crippen LogP contribution in [0.3, 0.4) is 0 Å². The monoisotopic (exact) mass is 536 g/mol. The smallest absolute Gasteiger partial charge is 0.266 e. The van der Waals surface area contributed by atoms with E-state index in [-0.39, 0.29) is 22.5 Å². The second kappa shape index (κ2) is 10.5. The number of hydrogen-bond acceptors (Lipinski definition) is 9. The van der Waals surface area contributed by atoms with Gasteiger partial charge in [-0.25, -0.2) is 21.6 Å². The molecule has 2 aromatic carbocycles. The standard InChI is InChI=1S/C23H28N4O7S2/c1-4-35(28,29)25-17-9-11-27(12-10-17)15-16-13-19(33-3)22-20(14-16)34-24-23(22)26-36(30,31)21-8-6-5-7-18(21)32-2/h4-8,13-14,17,25H,1,9-12,15H2,2-3H3,(H,24,26). The summed E-state index contributed by atoms with van der Waals surface area (Å²) in [6, 6.07) is 9.74. The maximum absolute atomic E-state index is 13.0. The highest BCUT2D eigenvalue weighted by molar-refractivity contribution is 7.93. The van der Waals surface area contributed by atoms with E-state index in [1.807, 2.05) is 6.07 Å². The summed E-state index contributed by atoms with van der Waals surface area (Å²) in [5.41, 5.74) is 1.26. The molecular weight excluding hydrogens is 508 g/mol. The van der Waals surface area contributed by atoms with Crippen molar-refractivity contribution in [2.24, 2.45) is 0 Å². The number of ether oxygens (including phenoxy) is 2. The van der Waals surface area contributed by atoms with Gasteiger partial charge in [0.05, 0.1) is 14.2 Å². The molecular formula is C23H28N4O7S2. The molecule has 0 aliphatic carbocycles. The molecule has 3 aromatic rings. The Bertz CT molecular complexity index is 1460. The molecule has 0 amide bonds. The number of fused-ring (bicyclic) bond motifs is 1. The maximum atomic E-state index is 13.0. The van der Waals surface area contributed by atoms with Crippen molar-refractivity contribution in [2.75, 3.05) is 32.0 Å². The van der Waals surface area contributed by atoms with Crippen LogP contribution in [0.15, 0.2) is 57.8 Å². The zero-order valence-corrected chi connectivity index (χ0v) is 21.6. The van der Waals surface area contributed by atoms with Gasteiger partial charge >= 0.3 is 0 Å². The molecule has 0 bridgehead atoms. The molecule has 11 nitrogen and oxygen atoms in total. The number of anilines is 1. The summed E-state index contributed by atoms with van der Waals surface area (Å²) < 4.78 is 70.7. The summed E-state index contributed by atoms with van der Waals surface area (Å²) in [6.45, 7) is 5.30. The predicted octanol–water partition coefficient (Wildman–Crippen LogP) is 2.67. The Morgan fingerprint density at radius 1 is 1.11 bits per heavy atom. The number of hydrogen-bond donors (Lipinski definition) is 2. The van der Waals surface area contributed by atoms with E-state index in [4.69, 9.17) is 14.0 Å². The summed E-state index contributed by atoms with van der Waals surface area (Å²) in [5, 5.41) is 5.26. The molecule has 0 saturated carbocycles. The fraction of sp³-hybridized carbons (Fsp3) is 0.348. The molecule has 13 heteroatoms. The number of piperidine rings is 1. The van der Waals surface area contributed by atoms with Crippen LogP contribution in [0.25, 0.3) is 11.0 Å². The largest absolute Gasteiger partial charge is 0.496 e. The number of nitrogens with one attached hydrogen (secondary N) is 2. The van der Waals surface area contributed by atoms with Gasteiger partial charge in [-0.3, -0.25) is 9.62 Å². The van der Waals surface area contributed by atoms with Crippen LogP contribution < -0.4 is 18.9 Å². The summed E-state index contributed by atoms with van der Waals surface area (Å²) in [4.78, 5) is 2.17. The van der Waals surface area contributed by atoms with Crippen molar-refractivity contribution in [1.29, 1.82) is 0 Å². The third-order valence-electron chi connectivity index (χ3n) is 5.95. The Morgan fingerprint density at radius 3 is 2.47 bits per heavy atom. The Labute approximate surface area is 210 Å². The zero-order valence-electron chi connectivity index (χ0n) is 19.9. The van der Waals surface area contributed by atoms with Crippen molar-refractivity contribution in [2.45, 2.75) is 30.3 Å². The van der Waals surface area contributed by atoms with Gasteiger partial charge in [0, 0.05) is 31.1 Å². The number of para-hydroxylation sites is 1. The number of sulfonamides is 2. The van der Waals surface area contributed by atoms with E-state index in [1.54, 1.807) is 24.3 Å². The molecule has 1 saturated heterocycles. The minimum atomic E-state index is -4.01. The first-order valence-corrected chi connectivity index (χ1v) is 14.2. The van der Waals surface area contributed by atoms with Gasteiger partial charge in [-0.05, 0) is 42.7 Å². The quantitative estimate of drug-likeness (QED) is 0.400. The summed E-state index contributed by atoms with van der Waals surface area (Å²) in [7, 11) is -4.59. The molecule has 1 fully saturated rings. The topological polar surface area (TPSA) is 140 Å². The first-order chi connectivity index (χ1) is 17.2. The number of aromatic nitrogens is 1. The van der Waals surface area contributed by atoms with Crippen LogP contribution in [0.5, 0.6) is 11.5 Å². The number of nitrogens with zero attached hydrogens (tertiary/aromatic N) is 2. The molecule has 0 spiro atoms. The Morgan fingerprint density at radius 2 is 1.81 bits per heavy atom. The van der Waals surface area contributed by atoms with Gasteiger partial charge in [-0.2, -0.15) is 0 Å². The molecule has 0 radical (unpaired) electrons. The van der Waals surface area contributed by atoms with Gasteiger partial charge in [-0.1, -0.05) is 23.9 Å². The summed E-state index contributed by atoms with van der Waals surface area (Å²) in [6.07, 6.45) is 1.34. The van der Waals surface area contributed by atoms with Crippen molar-refractivity contribution >= 4 is 36.8 Å². The van der Waals surface area contributed by atoms with E-state index in [0.29, 0.717) is 49.2 Å². The summed E-state index contributed by atoms with van der Waals surface area (Å²) in [5.74, 6) is 0.623. The number of benzene rings is 2. The minimum absolute atomic E-state index is 0.00891. The van der Waals surface area contributed by atoms with Gasteiger partial charge in [0.2, 0.25) is 10.0 Å². The van der Waals surface area contributed by atoms with Crippen molar-refractivity contribution in [3.63, 3.8) is 0 Å². The highest BCUT2D eigenvalue weighted by atomic mass is 32.2. The molecule has 0 atom stereocenters. The van der Waals surface area contributed by atoms with Crippen LogP contribution in [0.4, 0.5) is 5.82 Å². The average molecular weight is 537 g/mol. The van der Waals surface area contributed by atoms with Crippen LogP contribution in [-0.4, -0.2) is 60.2 Å². The van der Waals surface area contributed by atoms with E-state index in [9.17, 15) is 16.8 Å². The third-order valence-corrected chi connectivity index (χ3v) is 8.43.